The molecular formula is C17H22N2O2. The fraction of sp³-hybridized carbons (Fsp3) is 0.471. The Kier molecular flexibility index (Phi) is 3.97. The molecule has 0 aliphatic heterocycles. The fourth-order valence-corrected chi connectivity index (χ4v) is 3.03. The van der Waals surface area contributed by atoms with Crippen molar-refractivity contribution in [1.29, 1.82) is 0 Å². The highest BCUT2D eigenvalue weighted by Crippen LogP contribution is 2.29. The van der Waals surface area contributed by atoms with Crippen molar-refractivity contribution in [1.82, 2.24) is 4.98 Å². The summed E-state index contributed by atoms with van der Waals surface area (Å²) in [5, 5.41) is 11.5. The molecule has 1 aliphatic carbocycles. The van der Waals surface area contributed by atoms with Crippen LogP contribution in [0.2, 0.25) is 0 Å². The number of benzene rings is 1. The van der Waals surface area contributed by atoms with E-state index in [9.17, 15) is 5.11 Å². The predicted octanol–water partition coefficient (Wildman–Crippen LogP) is 3.37. The number of aromatic hydroxyl groups is 1. The van der Waals surface area contributed by atoms with E-state index < -0.39 is 0 Å². The Balaban J connectivity index is 1.80. The Bertz CT molecular complexity index is 619. The van der Waals surface area contributed by atoms with Gasteiger partial charge in [0, 0.05) is 11.6 Å². The van der Waals surface area contributed by atoms with Crippen LogP contribution in [-0.2, 0) is 0 Å². The largest absolute Gasteiger partial charge is 0.508 e. The summed E-state index contributed by atoms with van der Waals surface area (Å²) >= 11 is 0. The number of hydrogen-bond acceptors (Lipinski definition) is 4. The second-order valence-corrected chi connectivity index (χ2v) is 6.09. The highest BCUT2D eigenvalue weighted by atomic mass is 16.5. The molecule has 4 heteroatoms. The van der Waals surface area contributed by atoms with Crippen molar-refractivity contribution in [3.63, 3.8) is 0 Å². The van der Waals surface area contributed by atoms with Crippen LogP contribution >= 0.6 is 0 Å². The number of phenols is 1. The highest BCUT2D eigenvalue weighted by Gasteiger charge is 2.27. The number of ether oxygens (including phenoxy) is 1. The van der Waals surface area contributed by atoms with E-state index in [0.29, 0.717) is 12.5 Å². The lowest BCUT2D eigenvalue weighted by molar-refractivity contribution is 0.195. The van der Waals surface area contributed by atoms with Crippen LogP contribution in [0.5, 0.6) is 11.6 Å². The molecule has 0 amide bonds. The van der Waals surface area contributed by atoms with Gasteiger partial charge >= 0.3 is 0 Å². The minimum Gasteiger partial charge on any atom is -0.508 e. The van der Waals surface area contributed by atoms with Crippen LogP contribution in [0.3, 0.4) is 0 Å². The lowest BCUT2D eigenvalue weighted by atomic mass is 9.92. The molecular weight excluding hydrogens is 264 g/mol. The Labute approximate surface area is 124 Å². The number of aromatic nitrogens is 1. The lowest BCUT2D eigenvalue weighted by Crippen LogP contribution is -2.45. The molecule has 1 fully saturated rings. The maximum atomic E-state index is 9.65. The molecule has 0 bridgehead atoms. The molecule has 1 aromatic heterocycles. The van der Waals surface area contributed by atoms with Gasteiger partial charge in [-0.3, -0.25) is 0 Å². The highest BCUT2D eigenvalue weighted by molar-refractivity contribution is 5.87. The van der Waals surface area contributed by atoms with Gasteiger partial charge in [0.2, 0.25) is 5.88 Å². The molecule has 1 aromatic carbocycles. The van der Waals surface area contributed by atoms with Crippen molar-refractivity contribution in [3.8, 4) is 11.6 Å². The fourth-order valence-electron chi connectivity index (χ4n) is 3.03. The van der Waals surface area contributed by atoms with E-state index in [4.69, 9.17) is 10.5 Å². The van der Waals surface area contributed by atoms with Gasteiger partial charge in [0.15, 0.2) is 0 Å². The van der Waals surface area contributed by atoms with Crippen molar-refractivity contribution >= 4 is 10.8 Å². The second-order valence-electron chi connectivity index (χ2n) is 6.09. The zero-order valence-electron chi connectivity index (χ0n) is 12.2. The molecule has 2 aromatic rings. The topological polar surface area (TPSA) is 68.4 Å². The van der Waals surface area contributed by atoms with Gasteiger partial charge in [0.1, 0.15) is 12.4 Å². The van der Waals surface area contributed by atoms with Crippen LogP contribution in [-0.4, -0.2) is 22.2 Å². The maximum absolute atomic E-state index is 9.65. The third-order valence-corrected chi connectivity index (χ3v) is 4.31. The number of phenolic OH excluding ortho intramolecular Hbond substituents is 1. The van der Waals surface area contributed by atoms with E-state index in [0.717, 1.165) is 23.6 Å². The van der Waals surface area contributed by atoms with Gasteiger partial charge in [-0.2, -0.15) is 0 Å². The molecule has 1 saturated carbocycles. The number of nitrogens with two attached hydrogens (primary N) is 1. The summed E-state index contributed by atoms with van der Waals surface area (Å²) in [6.07, 6.45) is 8.60. The zero-order valence-corrected chi connectivity index (χ0v) is 12.2. The van der Waals surface area contributed by atoms with E-state index >= 15 is 0 Å². The first kappa shape index (κ1) is 14.1. The zero-order chi connectivity index (χ0) is 14.7. The minimum atomic E-state index is -0.253. The number of rotatable bonds is 3. The average molecular weight is 286 g/mol. The Morgan fingerprint density at radius 2 is 1.90 bits per heavy atom. The van der Waals surface area contributed by atoms with Crippen LogP contribution in [0.1, 0.15) is 38.5 Å². The Hall–Kier alpha value is -1.81. The molecule has 0 atom stereocenters. The lowest BCUT2D eigenvalue weighted by Gasteiger charge is -2.27. The van der Waals surface area contributed by atoms with E-state index in [-0.39, 0.29) is 11.3 Å². The average Bonchev–Trinajstić information content (AvgIpc) is 2.70. The smallest absolute Gasteiger partial charge is 0.221 e. The molecule has 0 spiro atoms. The van der Waals surface area contributed by atoms with Gasteiger partial charge in [0.05, 0.1) is 5.54 Å². The summed E-state index contributed by atoms with van der Waals surface area (Å²) < 4.78 is 5.93. The molecule has 1 aliphatic rings. The van der Waals surface area contributed by atoms with E-state index in [2.05, 4.69) is 4.98 Å². The van der Waals surface area contributed by atoms with Crippen LogP contribution in [0, 0.1) is 0 Å². The monoisotopic (exact) mass is 286 g/mol. The molecule has 112 valence electrons. The van der Waals surface area contributed by atoms with Crippen LogP contribution in [0.4, 0.5) is 0 Å². The molecule has 21 heavy (non-hydrogen) atoms. The summed E-state index contributed by atoms with van der Waals surface area (Å²) in [7, 11) is 0. The maximum Gasteiger partial charge on any atom is 0.221 e. The number of hydrogen-bond donors (Lipinski definition) is 2. The standard InChI is InChI=1S/C17H22N2O2/c18-17(8-3-1-2-4-9-17)12-21-16-15-11-14(20)6-5-13(15)7-10-19-16/h5-7,10-11,20H,1-4,8-9,12,18H2. The van der Waals surface area contributed by atoms with E-state index in [1.165, 1.54) is 25.7 Å². The van der Waals surface area contributed by atoms with Crippen LogP contribution in [0.15, 0.2) is 30.5 Å². The SMILES string of the molecule is NC1(COc2nccc3ccc(O)cc23)CCCCCC1. The van der Waals surface area contributed by atoms with Gasteiger partial charge in [0.25, 0.3) is 0 Å². The first-order chi connectivity index (χ1) is 10.2. The molecule has 0 radical (unpaired) electrons. The molecule has 3 rings (SSSR count). The minimum absolute atomic E-state index is 0.220. The molecule has 3 N–H and O–H groups in total. The quantitative estimate of drug-likeness (QED) is 0.849. The summed E-state index contributed by atoms with van der Waals surface area (Å²) in [6, 6.07) is 7.13. The van der Waals surface area contributed by atoms with E-state index in [1.54, 1.807) is 18.3 Å². The van der Waals surface area contributed by atoms with Crippen molar-refractivity contribution in [2.45, 2.75) is 44.1 Å². The Morgan fingerprint density at radius 3 is 2.67 bits per heavy atom. The van der Waals surface area contributed by atoms with Crippen molar-refractivity contribution < 1.29 is 9.84 Å². The van der Waals surface area contributed by atoms with Gasteiger partial charge < -0.3 is 15.6 Å². The molecule has 0 unspecified atom stereocenters. The second kappa shape index (κ2) is 5.90. The third-order valence-electron chi connectivity index (χ3n) is 4.31. The molecule has 0 saturated heterocycles. The van der Waals surface area contributed by atoms with Gasteiger partial charge in [-0.25, -0.2) is 4.98 Å². The molecule has 4 nitrogen and oxygen atoms in total. The first-order valence-corrected chi connectivity index (χ1v) is 7.66. The van der Waals surface area contributed by atoms with Crippen LogP contribution < -0.4 is 10.5 Å². The first-order valence-electron chi connectivity index (χ1n) is 7.66. The third kappa shape index (κ3) is 3.27. The Morgan fingerprint density at radius 1 is 1.14 bits per heavy atom. The van der Waals surface area contributed by atoms with Crippen LogP contribution in [0.25, 0.3) is 10.8 Å². The summed E-state index contributed by atoms with van der Waals surface area (Å²) in [5.74, 6) is 0.773. The van der Waals surface area contributed by atoms with Gasteiger partial charge in [-0.1, -0.05) is 31.7 Å². The summed E-state index contributed by atoms with van der Waals surface area (Å²) in [4.78, 5) is 4.30. The predicted molar refractivity (Wildman–Crippen MR) is 83.5 cm³/mol. The number of pyridine rings is 1. The summed E-state index contributed by atoms with van der Waals surface area (Å²) in [6.45, 7) is 0.481. The van der Waals surface area contributed by atoms with Crippen molar-refractivity contribution in [3.05, 3.63) is 30.5 Å². The van der Waals surface area contributed by atoms with Gasteiger partial charge in [-0.05, 0) is 36.4 Å². The normalized spacial score (nSPS) is 18.3. The number of fused-ring (bicyclic) bond motifs is 1. The van der Waals surface area contributed by atoms with Gasteiger partial charge in [-0.15, -0.1) is 0 Å². The molecule has 1 heterocycles. The summed E-state index contributed by atoms with van der Waals surface area (Å²) in [5.41, 5.74) is 6.23. The van der Waals surface area contributed by atoms with Crippen molar-refractivity contribution in [2.24, 2.45) is 5.73 Å². The van der Waals surface area contributed by atoms with Crippen molar-refractivity contribution in [2.75, 3.05) is 6.61 Å². The van der Waals surface area contributed by atoms with E-state index in [1.807, 2.05) is 12.1 Å². The number of nitrogens with zero attached hydrogens (tertiary/aromatic N) is 1.